The Balaban J connectivity index is 2.03. The predicted molar refractivity (Wildman–Crippen MR) is 97.2 cm³/mol. The van der Waals surface area contributed by atoms with Gasteiger partial charge in [-0.05, 0) is 61.6 Å². The Morgan fingerprint density at radius 1 is 1.12 bits per heavy atom. The fraction of sp³-hybridized carbons (Fsp3) is 0.400. The van der Waals surface area contributed by atoms with Gasteiger partial charge in [0.25, 0.3) is 5.91 Å². The number of aryl methyl sites for hydroxylation is 2. The van der Waals surface area contributed by atoms with E-state index >= 15 is 0 Å². The van der Waals surface area contributed by atoms with Crippen molar-refractivity contribution in [2.75, 3.05) is 0 Å². The van der Waals surface area contributed by atoms with E-state index in [2.05, 4.69) is 10.6 Å². The second-order valence-corrected chi connectivity index (χ2v) is 6.75. The predicted octanol–water partition coefficient (Wildman–Crippen LogP) is 3.36. The quantitative estimate of drug-likeness (QED) is 0.810. The molecule has 2 aromatic rings. The van der Waals surface area contributed by atoms with Gasteiger partial charge in [0.15, 0.2) is 0 Å². The van der Waals surface area contributed by atoms with Crippen LogP contribution in [0.2, 0.25) is 0 Å². The molecule has 2 amide bonds. The van der Waals surface area contributed by atoms with E-state index in [1.807, 2.05) is 39.8 Å². The monoisotopic (exact) mass is 342 g/mol. The minimum Gasteiger partial charge on any atom is -0.467 e. The SMILES string of the molecule is Cc1ccc(C(=O)N[C@H](CC(C)C)C(=O)NCc2ccco2)cc1C. The number of nitrogens with one attached hydrogen (secondary N) is 2. The summed E-state index contributed by atoms with van der Waals surface area (Å²) in [5, 5.41) is 5.68. The van der Waals surface area contributed by atoms with Crippen molar-refractivity contribution < 1.29 is 14.0 Å². The molecule has 0 radical (unpaired) electrons. The first kappa shape index (κ1) is 18.8. The minimum absolute atomic E-state index is 0.206. The summed E-state index contributed by atoms with van der Waals surface area (Å²) in [6, 6.07) is 8.53. The topological polar surface area (TPSA) is 71.3 Å². The van der Waals surface area contributed by atoms with Crippen LogP contribution in [-0.4, -0.2) is 17.9 Å². The third-order valence-corrected chi connectivity index (χ3v) is 4.11. The number of furan rings is 1. The molecule has 0 aliphatic carbocycles. The molecule has 0 aliphatic heterocycles. The van der Waals surface area contributed by atoms with E-state index in [4.69, 9.17) is 4.42 Å². The second kappa shape index (κ2) is 8.51. The fourth-order valence-electron chi connectivity index (χ4n) is 2.54. The van der Waals surface area contributed by atoms with Crippen molar-refractivity contribution in [2.24, 2.45) is 5.92 Å². The van der Waals surface area contributed by atoms with Gasteiger partial charge in [-0.15, -0.1) is 0 Å². The Bertz CT molecular complexity index is 721. The molecule has 1 heterocycles. The van der Waals surface area contributed by atoms with E-state index < -0.39 is 6.04 Å². The molecule has 0 aliphatic rings. The van der Waals surface area contributed by atoms with Gasteiger partial charge in [0.1, 0.15) is 11.8 Å². The van der Waals surface area contributed by atoms with Gasteiger partial charge in [0.2, 0.25) is 5.91 Å². The van der Waals surface area contributed by atoms with Gasteiger partial charge in [-0.3, -0.25) is 9.59 Å². The molecule has 0 saturated heterocycles. The Kier molecular flexibility index (Phi) is 6.39. The summed E-state index contributed by atoms with van der Waals surface area (Å²) in [4.78, 5) is 25.0. The van der Waals surface area contributed by atoms with Crippen LogP contribution in [0.4, 0.5) is 0 Å². The first-order valence-corrected chi connectivity index (χ1v) is 8.55. The van der Waals surface area contributed by atoms with Crippen molar-refractivity contribution in [2.45, 2.75) is 46.7 Å². The number of benzene rings is 1. The van der Waals surface area contributed by atoms with Gasteiger partial charge in [-0.25, -0.2) is 0 Å². The zero-order valence-corrected chi connectivity index (χ0v) is 15.3. The highest BCUT2D eigenvalue weighted by Crippen LogP contribution is 2.12. The highest BCUT2D eigenvalue weighted by molar-refractivity contribution is 5.97. The van der Waals surface area contributed by atoms with E-state index in [0.29, 0.717) is 24.3 Å². The van der Waals surface area contributed by atoms with Crippen molar-refractivity contribution in [3.63, 3.8) is 0 Å². The molecule has 2 rings (SSSR count). The summed E-state index contributed by atoms with van der Waals surface area (Å²) < 4.78 is 5.22. The van der Waals surface area contributed by atoms with E-state index in [0.717, 1.165) is 11.1 Å². The third-order valence-electron chi connectivity index (χ3n) is 4.11. The first-order chi connectivity index (χ1) is 11.9. The normalized spacial score (nSPS) is 12.0. The largest absolute Gasteiger partial charge is 0.467 e. The number of carbonyl (C=O) groups excluding carboxylic acids is 2. The summed E-state index contributed by atoms with van der Waals surface area (Å²) in [6.07, 6.45) is 2.13. The maximum atomic E-state index is 12.5. The van der Waals surface area contributed by atoms with Crippen molar-refractivity contribution in [1.29, 1.82) is 0 Å². The number of carbonyl (C=O) groups is 2. The van der Waals surface area contributed by atoms with Crippen LogP contribution in [0.1, 0.15) is 47.5 Å². The molecule has 0 fully saturated rings. The standard InChI is InChI=1S/C20H26N2O3/c1-13(2)10-18(20(24)21-12-17-6-5-9-25-17)22-19(23)16-8-7-14(3)15(4)11-16/h5-9,11,13,18H,10,12H2,1-4H3,(H,21,24)(H,22,23)/t18-/m1/s1. The van der Waals surface area contributed by atoms with Crippen LogP contribution in [0.25, 0.3) is 0 Å². The molecule has 0 saturated carbocycles. The molecule has 1 aromatic heterocycles. The molecule has 0 unspecified atom stereocenters. The van der Waals surface area contributed by atoms with E-state index in [1.54, 1.807) is 24.5 Å². The molecule has 134 valence electrons. The molecule has 0 bridgehead atoms. The van der Waals surface area contributed by atoms with Gasteiger partial charge < -0.3 is 15.1 Å². The van der Waals surface area contributed by atoms with Crippen LogP contribution in [0.15, 0.2) is 41.0 Å². The van der Waals surface area contributed by atoms with Gasteiger partial charge in [-0.1, -0.05) is 19.9 Å². The number of hydrogen-bond donors (Lipinski definition) is 2. The molecule has 2 N–H and O–H groups in total. The lowest BCUT2D eigenvalue weighted by atomic mass is 10.0. The van der Waals surface area contributed by atoms with Crippen molar-refractivity contribution in [3.05, 3.63) is 59.0 Å². The maximum absolute atomic E-state index is 12.5. The molecule has 5 heteroatoms. The number of hydrogen-bond acceptors (Lipinski definition) is 3. The van der Waals surface area contributed by atoms with Crippen molar-refractivity contribution in [1.82, 2.24) is 10.6 Å². The van der Waals surface area contributed by atoms with Crippen LogP contribution >= 0.6 is 0 Å². The molecule has 5 nitrogen and oxygen atoms in total. The number of amides is 2. The average Bonchev–Trinajstić information content (AvgIpc) is 3.07. The summed E-state index contributed by atoms with van der Waals surface area (Å²) >= 11 is 0. The number of rotatable bonds is 7. The molecular formula is C20H26N2O3. The van der Waals surface area contributed by atoms with Gasteiger partial charge in [-0.2, -0.15) is 0 Å². The van der Waals surface area contributed by atoms with Gasteiger partial charge >= 0.3 is 0 Å². The smallest absolute Gasteiger partial charge is 0.251 e. The van der Waals surface area contributed by atoms with E-state index in [1.165, 1.54) is 0 Å². The van der Waals surface area contributed by atoms with Crippen molar-refractivity contribution in [3.8, 4) is 0 Å². The summed E-state index contributed by atoms with van der Waals surface area (Å²) in [5.74, 6) is 0.515. The fourth-order valence-corrected chi connectivity index (χ4v) is 2.54. The van der Waals surface area contributed by atoms with Crippen LogP contribution in [0.5, 0.6) is 0 Å². The summed E-state index contributed by atoms with van der Waals surface area (Å²) in [6.45, 7) is 8.32. The Hall–Kier alpha value is -2.56. The van der Waals surface area contributed by atoms with Crippen LogP contribution in [0, 0.1) is 19.8 Å². The lowest BCUT2D eigenvalue weighted by molar-refractivity contribution is -0.123. The van der Waals surface area contributed by atoms with Gasteiger partial charge in [0, 0.05) is 5.56 Å². The Morgan fingerprint density at radius 3 is 2.48 bits per heavy atom. The molecule has 1 aromatic carbocycles. The minimum atomic E-state index is -0.580. The molecule has 1 atom stereocenters. The highest BCUT2D eigenvalue weighted by Gasteiger charge is 2.22. The maximum Gasteiger partial charge on any atom is 0.251 e. The first-order valence-electron chi connectivity index (χ1n) is 8.55. The van der Waals surface area contributed by atoms with Crippen LogP contribution in [-0.2, 0) is 11.3 Å². The third kappa shape index (κ3) is 5.48. The van der Waals surface area contributed by atoms with Gasteiger partial charge in [0.05, 0.1) is 12.8 Å². The van der Waals surface area contributed by atoms with Crippen LogP contribution in [0.3, 0.4) is 0 Å². The summed E-state index contributed by atoms with van der Waals surface area (Å²) in [5.41, 5.74) is 2.75. The van der Waals surface area contributed by atoms with E-state index in [9.17, 15) is 9.59 Å². The Morgan fingerprint density at radius 2 is 1.88 bits per heavy atom. The summed E-state index contributed by atoms with van der Waals surface area (Å²) in [7, 11) is 0. The zero-order chi connectivity index (χ0) is 18.4. The molecule has 25 heavy (non-hydrogen) atoms. The lowest BCUT2D eigenvalue weighted by Gasteiger charge is -2.20. The zero-order valence-electron chi connectivity index (χ0n) is 15.3. The lowest BCUT2D eigenvalue weighted by Crippen LogP contribution is -2.47. The second-order valence-electron chi connectivity index (χ2n) is 6.75. The van der Waals surface area contributed by atoms with E-state index in [-0.39, 0.29) is 17.7 Å². The molecule has 0 spiro atoms. The average molecular weight is 342 g/mol. The Labute approximate surface area is 148 Å². The van der Waals surface area contributed by atoms with Crippen molar-refractivity contribution >= 4 is 11.8 Å². The molecular weight excluding hydrogens is 316 g/mol. The highest BCUT2D eigenvalue weighted by atomic mass is 16.3. The van der Waals surface area contributed by atoms with Crippen LogP contribution < -0.4 is 10.6 Å².